The molecule has 8 heteroatoms. The van der Waals surface area contributed by atoms with Crippen LogP contribution in [0.25, 0.3) is 0 Å². The van der Waals surface area contributed by atoms with E-state index in [0.717, 1.165) is 12.1 Å². The van der Waals surface area contributed by atoms with Crippen molar-refractivity contribution in [3.63, 3.8) is 0 Å². The molecule has 1 aromatic carbocycles. The van der Waals surface area contributed by atoms with E-state index in [4.69, 9.17) is 5.84 Å². The molecule has 1 aromatic rings. The van der Waals surface area contributed by atoms with E-state index in [0.29, 0.717) is 31.7 Å². The van der Waals surface area contributed by atoms with Crippen molar-refractivity contribution in [3.05, 3.63) is 35.4 Å². The second-order valence-corrected chi connectivity index (χ2v) is 7.09. The first-order chi connectivity index (χ1) is 9.90. The number of nitrogens with one attached hydrogen (secondary N) is 1. The van der Waals surface area contributed by atoms with E-state index < -0.39 is 10.0 Å². The van der Waals surface area contributed by atoms with Gasteiger partial charge in [-0.05, 0) is 17.7 Å². The molecule has 3 N–H and O–H groups in total. The number of hydrogen-bond acceptors (Lipinski definition) is 5. The van der Waals surface area contributed by atoms with Crippen LogP contribution in [0.4, 0.5) is 0 Å². The van der Waals surface area contributed by atoms with Crippen molar-refractivity contribution in [2.45, 2.75) is 6.54 Å². The summed E-state index contributed by atoms with van der Waals surface area (Å²) in [5, 5.41) is 0. The van der Waals surface area contributed by atoms with E-state index in [2.05, 4.69) is 10.3 Å². The summed E-state index contributed by atoms with van der Waals surface area (Å²) in [6.07, 6.45) is 1.24. The normalized spacial score (nSPS) is 17.6. The third kappa shape index (κ3) is 4.24. The van der Waals surface area contributed by atoms with E-state index in [9.17, 15) is 13.2 Å². The molecule has 7 nitrogen and oxygen atoms in total. The van der Waals surface area contributed by atoms with Crippen molar-refractivity contribution < 1.29 is 13.2 Å². The molecule has 1 fully saturated rings. The number of nitrogen functional groups attached to an aromatic ring is 1. The van der Waals surface area contributed by atoms with Gasteiger partial charge in [-0.25, -0.2) is 14.3 Å². The Morgan fingerprint density at radius 2 is 1.76 bits per heavy atom. The number of carbonyl (C=O) groups is 1. The van der Waals surface area contributed by atoms with Crippen LogP contribution >= 0.6 is 0 Å². The molecule has 0 bridgehead atoms. The first kappa shape index (κ1) is 15.9. The van der Waals surface area contributed by atoms with Gasteiger partial charge in [-0.2, -0.15) is 4.31 Å². The largest absolute Gasteiger partial charge is 0.296 e. The van der Waals surface area contributed by atoms with Gasteiger partial charge in [-0.3, -0.25) is 15.1 Å². The van der Waals surface area contributed by atoms with Crippen LogP contribution in [0.15, 0.2) is 24.3 Å². The maximum atomic E-state index is 11.4. The van der Waals surface area contributed by atoms with E-state index >= 15 is 0 Å². The summed E-state index contributed by atoms with van der Waals surface area (Å²) in [5.74, 6) is 4.76. The third-order valence-corrected chi connectivity index (χ3v) is 4.86. The molecule has 1 heterocycles. The zero-order valence-electron chi connectivity index (χ0n) is 11.9. The number of nitrogens with two attached hydrogens (primary N) is 1. The number of hydrazine groups is 1. The van der Waals surface area contributed by atoms with Crippen molar-refractivity contribution >= 4 is 15.9 Å². The maximum Gasteiger partial charge on any atom is 0.265 e. The van der Waals surface area contributed by atoms with Crippen LogP contribution in [0.1, 0.15) is 15.9 Å². The van der Waals surface area contributed by atoms with Crippen LogP contribution in [0.5, 0.6) is 0 Å². The highest BCUT2D eigenvalue weighted by atomic mass is 32.2. The predicted octanol–water partition coefficient (Wildman–Crippen LogP) is -0.633. The molecule has 0 atom stereocenters. The van der Waals surface area contributed by atoms with Crippen molar-refractivity contribution in [3.8, 4) is 0 Å². The molecule has 1 saturated heterocycles. The number of hydrogen-bond donors (Lipinski definition) is 2. The summed E-state index contributed by atoms with van der Waals surface area (Å²) >= 11 is 0. The molecule has 1 amide bonds. The lowest BCUT2D eigenvalue weighted by atomic mass is 10.1. The third-order valence-electron chi connectivity index (χ3n) is 3.55. The molecular formula is C13H20N4O3S. The second kappa shape index (κ2) is 6.52. The number of piperazine rings is 1. The highest BCUT2D eigenvalue weighted by Gasteiger charge is 2.23. The van der Waals surface area contributed by atoms with Crippen LogP contribution in [-0.4, -0.2) is 56.0 Å². The van der Waals surface area contributed by atoms with Crippen molar-refractivity contribution in [1.29, 1.82) is 0 Å². The van der Waals surface area contributed by atoms with Gasteiger partial charge in [0.05, 0.1) is 6.26 Å². The molecule has 0 aliphatic carbocycles. The molecule has 1 aliphatic rings. The Morgan fingerprint density at radius 3 is 2.24 bits per heavy atom. The first-order valence-electron chi connectivity index (χ1n) is 6.67. The molecule has 0 unspecified atom stereocenters. The summed E-state index contributed by atoms with van der Waals surface area (Å²) in [4.78, 5) is 13.5. The van der Waals surface area contributed by atoms with E-state index in [1.807, 2.05) is 12.1 Å². The van der Waals surface area contributed by atoms with Crippen molar-refractivity contribution in [2.75, 3.05) is 32.4 Å². The molecule has 0 radical (unpaired) electrons. The van der Waals surface area contributed by atoms with Crippen LogP contribution in [0.3, 0.4) is 0 Å². The Bertz CT molecular complexity index is 592. The minimum atomic E-state index is -3.09. The average Bonchev–Trinajstić information content (AvgIpc) is 2.47. The fraction of sp³-hybridized carbons (Fsp3) is 0.462. The molecule has 1 aliphatic heterocycles. The highest BCUT2D eigenvalue weighted by Crippen LogP contribution is 2.11. The quantitative estimate of drug-likeness (QED) is 0.438. The van der Waals surface area contributed by atoms with Gasteiger partial charge >= 0.3 is 0 Å². The van der Waals surface area contributed by atoms with Gasteiger partial charge < -0.3 is 0 Å². The Labute approximate surface area is 124 Å². The number of nitrogens with zero attached hydrogens (tertiary/aromatic N) is 2. The van der Waals surface area contributed by atoms with Gasteiger partial charge in [0.15, 0.2) is 0 Å². The standard InChI is InChI=1S/C13H20N4O3S/c1-21(19,20)17-8-6-16(7-9-17)10-11-2-4-12(5-3-11)13(18)15-14/h2-5H,6-10,14H2,1H3,(H,15,18). The van der Waals surface area contributed by atoms with Gasteiger partial charge in [-0.1, -0.05) is 12.1 Å². The van der Waals surface area contributed by atoms with E-state index in [-0.39, 0.29) is 5.91 Å². The molecule has 116 valence electrons. The van der Waals surface area contributed by atoms with Crippen molar-refractivity contribution in [1.82, 2.24) is 14.6 Å². The van der Waals surface area contributed by atoms with Crippen LogP contribution in [0.2, 0.25) is 0 Å². The molecule has 0 aromatic heterocycles. The number of benzene rings is 1. The monoisotopic (exact) mass is 312 g/mol. The second-order valence-electron chi connectivity index (χ2n) is 5.11. The predicted molar refractivity (Wildman–Crippen MR) is 79.8 cm³/mol. The molecule has 0 saturated carbocycles. The Kier molecular flexibility index (Phi) is 4.94. The summed E-state index contributed by atoms with van der Waals surface area (Å²) < 4.78 is 24.4. The van der Waals surface area contributed by atoms with Gasteiger partial charge in [-0.15, -0.1) is 0 Å². The number of carbonyl (C=O) groups excluding carboxylic acids is 1. The highest BCUT2D eigenvalue weighted by molar-refractivity contribution is 7.88. The summed E-state index contributed by atoms with van der Waals surface area (Å²) in [6.45, 7) is 3.19. The van der Waals surface area contributed by atoms with Gasteiger partial charge in [0.1, 0.15) is 0 Å². The van der Waals surface area contributed by atoms with Gasteiger partial charge in [0.2, 0.25) is 10.0 Å². The van der Waals surface area contributed by atoms with Gasteiger partial charge in [0.25, 0.3) is 5.91 Å². The zero-order valence-corrected chi connectivity index (χ0v) is 12.8. The van der Waals surface area contributed by atoms with Crippen molar-refractivity contribution in [2.24, 2.45) is 5.84 Å². The molecular weight excluding hydrogens is 292 g/mol. The Hall–Kier alpha value is -1.48. The number of amides is 1. The fourth-order valence-electron chi connectivity index (χ4n) is 2.32. The maximum absolute atomic E-state index is 11.4. The molecule has 0 spiro atoms. The molecule has 21 heavy (non-hydrogen) atoms. The Morgan fingerprint density at radius 1 is 1.19 bits per heavy atom. The number of rotatable bonds is 4. The summed E-state index contributed by atoms with van der Waals surface area (Å²) in [6, 6.07) is 7.22. The minimum absolute atomic E-state index is 0.316. The SMILES string of the molecule is CS(=O)(=O)N1CCN(Cc2ccc(C(=O)NN)cc2)CC1. The topological polar surface area (TPSA) is 95.7 Å². The van der Waals surface area contributed by atoms with Crippen LogP contribution in [0, 0.1) is 0 Å². The van der Waals surface area contributed by atoms with Crippen LogP contribution < -0.4 is 11.3 Å². The lowest BCUT2D eigenvalue weighted by Crippen LogP contribution is -2.47. The van der Waals surface area contributed by atoms with E-state index in [1.54, 1.807) is 12.1 Å². The smallest absolute Gasteiger partial charge is 0.265 e. The Balaban J connectivity index is 1.90. The zero-order chi connectivity index (χ0) is 15.5. The lowest BCUT2D eigenvalue weighted by molar-refractivity contribution is 0.0953. The van der Waals surface area contributed by atoms with Crippen LogP contribution in [-0.2, 0) is 16.6 Å². The molecule has 2 rings (SSSR count). The average molecular weight is 312 g/mol. The first-order valence-corrected chi connectivity index (χ1v) is 8.52. The number of sulfonamides is 1. The summed E-state index contributed by atoms with van der Waals surface area (Å²) in [5.41, 5.74) is 3.69. The van der Waals surface area contributed by atoms with Gasteiger partial charge in [0, 0.05) is 38.3 Å². The fourth-order valence-corrected chi connectivity index (χ4v) is 3.15. The minimum Gasteiger partial charge on any atom is -0.296 e. The summed E-state index contributed by atoms with van der Waals surface area (Å²) in [7, 11) is -3.09. The van der Waals surface area contributed by atoms with E-state index in [1.165, 1.54) is 10.6 Å². The lowest BCUT2D eigenvalue weighted by Gasteiger charge is -2.33.